The van der Waals surface area contributed by atoms with Crippen molar-refractivity contribution in [1.29, 1.82) is 0 Å². The standard InChI is InChI=1S/C21H32N2O5S/c1-5-29-14-13-22-18(24)12-11-17(23-20(26)28-21(2,3)4)19(25)27-15-16-9-7-6-8-10-16/h6-10,17H,5,11-15H2,1-4H3,(H,22,24)(H,23,26)/t17-/m0/s1. The van der Waals surface area contributed by atoms with Crippen LogP contribution in [0.15, 0.2) is 30.3 Å². The molecule has 0 saturated carbocycles. The molecule has 8 heteroatoms. The van der Waals surface area contributed by atoms with Crippen molar-refractivity contribution in [1.82, 2.24) is 10.6 Å². The number of benzene rings is 1. The molecule has 0 aromatic heterocycles. The Morgan fingerprint density at radius 2 is 1.83 bits per heavy atom. The third kappa shape index (κ3) is 12.1. The van der Waals surface area contributed by atoms with Crippen molar-refractivity contribution in [3.8, 4) is 0 Å². The van der Waals surface area contributed by atoms with Gasteiger partial charge in [-0.2, -0.15) is 11.8 Å². The van der Waals surface area contributed by atoms with Crippen LogP contribution in [0.3, 0.4) is 0 Å². The van der Waals surface area contributed by atoms with Gasteiger partial charge in [-0.15, -0.1) is 0 Å². The van der Waals surface area contributed by atoms with Crippen LogP contribution in [-0.2, 0) is 25.7 Å². The number of carbonyl (C=O) groups excluding carboxylic acids is 3. The lowest BCUT2D eigenvalue weighted by Crippen LogP contribution is -2.44. The molecule has 0 aliphatic rings. The maximum atomic E-state index is 12.5. The van der Waals surface area contributed by atoms with Crippen LogP contribution in [0, 0.1) is 0 Å². The van der Waals surface area contributed by atoms with Crippen LogP contribution in [0.1, 0.15) is 46.1 Å². The highest BCUT2D eigenvalue weighted by atomic mass is 32.2. The van der Waals surface area contributed by atoms with E-state index in [4.69, 9.17) is 9.47 Å². The van der Waals surface area contributed by atoms with E-state index in [1.54, 1.807) is 32.5 Å². The summed E-state index contributed by atoms with van der Waals surface area (Å²) in [7, 11) is 0. The van der Waals surface area contributed by atoms with Crippen molar-refractivity contribution in [3.05, 3.63) is 35.9 Å². The van der Waals surface area contributed by atoms with E-state index in [9.17, 15) is 14.4 Å². The molecule has 2 amide bonds. The molecule has 1 atom stereocenters. The molecular formula is C21H32N2O5S. The highest BCUT2D eigenvalue weighted by Gasteiger charge is 2.26. The zero-order valence-electron chi connectivity index (χ0n) is 17.7. The van der Waals surface area contributed by atoms with Gasteiger partial charge in [0.2, 0.25) is 5.91 Å². The summed E-state index contributed by atoms with van der Waals surface area (Å²) < 4.78 is 10.5. The fourth-order valence-electron chi connectivity index (χ4n) is 2.30. The van der Waals surface area contributed by atoms with E-state index in [1.807, 2.05) is 30.3 Å². The van der Waals surface area contributed by atoms with Gasteiger partial charge in [0, 0.05) is 18.7 Å². The zero-order valence-corrected chi connectivity index (χ0v) is 18.5. The molecule has 0 unspecified atom stereocenters. The Balaban J connectivity index is 2.60. The molecule has 1 rings (SSSR count). The molecule has 2 N–H and O–H groups in total. The van der Waals surface area contributed by atoms with Crippen LogP contribution in [0.4, 0.5) is 4.79 Å². The summed E-state index contributed by atoms with van der Waals surface area (Å²) in [6.45, 7) is 7.91. The Hall–Kier alpha value is -2.22. The largest absolute Gasteiger partial charge is 0.459 e. The molecule has 0 saturated heterocycles. The molecule has 29 heavy (non-hydrogen) atoms. The molecule has 7 nitrogen and oxygen atoms in total. The number of carbonyl (C=O) groups is 3. The quantitative estimate of drug-likeness (QED) is 0.418. The van der Waals surface area contributed by atoms with Gasteiger partial charge < -0.3 is 20.1 Å². The first-order chi connectivity index (χ1) is 13.7. The summed E-state index contributed by atoms with van der Waals surface area (Å²) in [5.41, 5.74) is 0.139. The second-order valence-corrected chi connectivity index (χ2v) is 8.77. The number of thioether (sulfide) groups is 1. The van der Waals surface area contributed by atoms with Crippen LogP contribution < -0.4 is 10.6 Å². The van der Waals surface area contributed by atoms with Gasteiger partial charge in [0.15, 0.2) is 0 Å². The molecule has 0 aliphatic carbocycles. The molecule has 1 aromatic carbocycles. The first kappa shape index (κ1) is 24.8. The minimum Gasteiger partial charge on any atom is -0.459 e. The number of hydrogen-bond acceptors (Lipinski definition) is 6. The molecule has 0 bridgehead atoms. The maximum Gasteiger partial charge on any atom is 0.408 e. The Morgan fingerprint density at radius 3 is 2.45 bits per heavy atom. The van der Waals surface area contributed by atoms with Crippen molar-refractivity contribution in [2.75, 3.05) is 18.1 Å². The lowest BCUT2D eigenvalue weighted by Gasteiger charge is -2.23. The van der Waals surface area contributed by atoms with E-state index in [1.165, 1.54) is 0 Å². The fourth-order valence-corrected chi connectivity index (χ4v) is 2.83. The summed E-state index contributed by atoms with van der Waals surface area (Å²) >= 11 is 1.74. The zero-order chi connectivity index (χ0) is 21.7. The summed E-state index contributed by atoms with van der Waals surface area (Å²) in [5, 5.41) is 5.33. The van der Waals surface area contributed by atoms with Crippen molar-refractivity contribution in [2.24, 2.45) is 0 Å². The molecule has 0 aliphatic heterocycles. The van der Waals surface area contributed by atoms with E-state index in [2.05, 4.69) is 17.6 Å². The Labute approximate surface area is 177 Å². The van der Waals surface area contributed by atoms with Gasteiger partial charge in [-0.1, -0.05) is 37.3 Å². The Kier molecular flexibility index (Phi) is 11.2. The number of ether oxygens (including phenoxy) is 2. The second-order valence-electron chi connectivity index (χ2n) is 7.38. The summed E-state index contributed by atoms with van der Waals surface area (Å²) in [6.07, 6.45) is -0.504. The van der Waals surface area contributed by atoms with Crippen molar-refractivity contribution >= 4 is 29.7 Å². The molecule has 0 radical (unpaired) electrons. The minimum absolute atomic E-state index is 0.0899. The highest BCUT2D eigenvalue weighted by molar-refractivity contribution is 7.99. The molecular weight excluding hydrogens is 392 g/mol. The van der Waals surface area contributed by atoms with E-state index in [-0.39, 0.29) is 25.4 Å². The second kappa shape index (κ2) is 13.1. The molecule has 162 valence electrons. The number of hydrogen-bond donors (Lipinski definition) is 2. The molecule has 0 spiro atoms. The summed E-state index contributed by atoms with van der Waals surface area (Å²) in [6, 6.07) is 8.28. The van der Waals surface area contributed by atoms with Crippen LogP contribution in [-0.4, -0.2) is 47.7 Å². The van der Waals surface area contributed by atoms with Crippen LogP contribution in [0.5, 0.6) is 0 Å². The molecule has 0 heterocycles. The van der Waals surface area contributed by atoms with Gasteiger partial charge in [0.05, 0.1) is 0 Å². The van der Waals surface area contributed by atoms with Crippen molar-refractivity contribution in [3.63, 3.8) is 0 Å². The molecule has 1 aromatic rings. The van der Waals surface area contributed by atoms with Crippen LogP contribution in [0.2, 0.25) is 0 Å². The normalized spacial score (nSPS) is 12.0. The molecule has 0 fully saturated rings. The lowest BCUT2D eigenvalue weighted by atomic mass is 10.1. The third-order valence-corrected chi connectivity index (χ3v) is 4.53. The van der Waals surface area contributed by atoms with Gasteiger partial charge in [-0.3, -0.25) is 4.79 Å². The average molecular weight is 425 g/mol. The van der Waals surface area contributed by atoms with Gasteiger partial charge >= 0.3 is 12.1 Å². The van der Waals surface area contributed by atoms with Gasteiger partial charge in [0.1, 0.15) is 18.2 Å². The van der Waals surface area contributed by atoms with Crippen LogP contribution in [0.25, 0.3) is 0 Å². The number of esters is 1. The summed E-state index contributed by atoms with van der Waals surface area (Å²) in [5.74, 6) is 1.05. The number of alkyl carbamates (subject to hydrolysis) is 1. The smallest absolute Gasteiger partial charge is 0.408 e. The summed E-state index contributed by atoms with van der Waals surface area (Å²) in [4.78, 5) is 36.6. The third-order valence-electron chi connectivity index (χ3n) is 3.63. The fraction of sp³-hybridized carbons (Fsp3) is 0.571. The Bertz CT molecular complexity index is 646. The predicted molar refractivity (Wildman–Crippen MR) is 115 cm³/mol. The number of amides is 2. The Morgan fingerprint density at radius 1 is 1.14 bits per heavy atom. The van der Waals surface area contributed by atoms with Gasteiger partial charge in [0.25, 0.3) is 0 Å². The van der Waals surface area contributed by atoms with E-state index in [0.717, 1.165) is 17.1 Å². The average Bonchev–Trinajstić information content (AvgIpc) is 2.66. The van der Waals surface area contributed by atoms with Crippen molar-refractivity contribution < 1.29 is 23.9 Å². The topological polar surface area (TPSA) is 93.7 Å². The van der Waals surface area contributed by atoms with E-state index in [0.29, 0.717) is 6.54 Å². The lowest BCUT2D eigenvalue weighted by molar-refractivity contribution is -0.147. The highest BCUT2D eigenvalue weighted by Crippen LogP contribution is 2.09. The maximum absolute atomic E-state index is 12.5. The monoisotopic (exact) mass is 424 g/mol. The number of nitrogens with one attached hydrogen (secondary N) is 2. The van der Waals surface area contributed by atoms with E-state index >= 15 is 0 Å². The van der Waals surface area contributed by atoms with Gasteiger partial charge in [-0.25, -0.2) is 9.59 Å². The van der Waals surface area contributed by atoms with Gasteiger partial charge in [-0.05, 0) is 38.5 Å². The number of rotatable bonds is 11. The van der Waals surface area contributed by atoms with Crippen molar-refractivity contribution in [2.45, 2.75) is 58.8 Å². The SMILES string of the molecule is CCSCCNC(=O)CC[C@H](NC(=O)OC(C)(C)C)C(=O)OCc1ccccc1. The van der Waals surface area contributed by atoms with E-state index < -0.39 is 23.7 Å². The predicted octanol–water partition coefficient (Wildman–Crippen LogP) is 3.27. The first-order valence-corrected chi connectivity index (χ1v) is 10.9. The first-order valence-electron chi connectivity index (χ1n) is 9.75. The van der Waals surface area contributed by atoms with Crippen LogP contribution >= 0.6 is 11.8 Å². The minimum atomic E-state index is -0.968.